The number of nitrogens with zero attached hydrogens (tertiary/aromatic N) is 4. The monoisotopic (exact) mass is 1040 g/mol. The number of anilines is 10. The highest BCUT2D eigenvalue weighted by Gasteiger charge is 2.59. The normalized spacial score (nSPS) is 23.6. The van der Waals surface area contributed by atoms with Crippen molar-refractivity contribution < 1.29 is 0 Å². The van der Waals surface area contributed by atoms with Crippen LogP contribution in [0.2, 0.25) is 0 Å². The molecule has 0 bridgehead atoms. The second-order valence-corrected chi connectivity index (χ2v) is 26.8. The lowest BCUT2D eigenvalue weighted by Crippen LogP contribution is -2.61. The van der Waals surface area contributed by atoms with Crippen LogP contribution in [-0.2, 0) is 10.8 Å². The molecule has 0 N–H and O–H groups in total. The van der Waals surface area contributed by atoms with Gasteiger partial charge in [0.2, 0.25) is 0 Å². The van der Waals surface area contributed by atoms with E-state index in [2.05, 4.69) is 236 Å². The maximum atomic E-state index is 2.78. The lowest BCUT2D eigenvalue weighted by molar-refractivity contribution is 0.195. The molecule has 6 aliphatic rings. The summed E-state index contributed by atoms with van der Waals surface area (Å²) < 4.78 is 5.29. The maximum absolute atomic E-state index is 2.78. The zero-order valence-corrected chi connectivity index (χ0v) is 46.8. The molecule has 2 fully saturated rings. The van der Waals surface area contributed by atoms with Crippen molar-refractivity contribution in [1.29, 1.82) is 0 Å². The summed E-state index contributed by atoms with van der Waals surface area (Å²) in [4.78, 5) is 10.9. The fraction of sp³-hybridized carbons (Fsp3) is 0.239. The van der Waals surface area contributed by atoms with Gasteiger partial charge in [-0.3, -0.25) is 0 Å². The van der Waals surface area contributed by atoms with Crippen LogP contribution >= 0.6 is 22.7 Å². The van der Waals surface area contributed by atoms with E-state index in [1.165, 1.54) is 169 Å². The van der Waals surface area contributed by atoms with Gasteiger partial charge in [0, 0.05) is 97.7 Å². The molecule has 6 heterocycles. The Morgan fingerprint density at radius 3 is 1.51 bits per heavy atom. The number of aryl methyl sites for hydroxylation is 1. The van der Waals surface area contributed by atoms with E-state index < -0.39 is 0 Å². The molecule has 4 atom stereocenters. The molecule has 0 saturated heterocycles. The summed E-state index contributed by atoms with van der Waals surface area (Å²) in [5.74, 6) is 0. The topological polar surface area (TPSA) is 13.0 Å². The predicted octanol–water partition coefficient (Wildman–Crippen LogP) is 18.3. The summed E-state index contributed by atoms with van der Waals surface area (Å²) in [7, 11) is 0. The van der Waals surface area contributed by atoms with Gasteiger partial charge in [0.25, 0.3) is 6.71 Å². The fourth-order valence-electron chi connectivity index (χ4n) is 16.9. The number of fused-ring (bicyclic) bond motifs is 16. The van der Waals surface area contributed by atoms with Crippen molar-refractivity contribution in [3.63, 3.8) is 0 Å². The number of para-hydroxylation sites is 2. The smallest absolute Gasteiger partial charge is 0.252 e. The van der Waals surface area contributed by atoms with Crippen LogP contribution in [0.25, 0.3) is 40.3 Å². The van der Waals surface area contributed by atoms with Gasteiger partial charge >= 0.3 is 0 Å². The minimum Gasteiger partial charge on any atom is -0.334 e. The zero-order chi connectivity index (χ0) is 52.0. The highest BCUT2D eigenvalue weighted by Crippen LogP contribution is 2.63. The third kappa shape index (κ3) is 5.76. The molecule has 4 aliphatic heterocycles. The third-order valence-electron chi connectivity index (χ3n) is 21.0. The minimum atomic E-state index is -0.0705. The van der Waals surface area contributed by atoms with Gasteiger partial charge in [-0.05, 0) is 158 Å². The van der Waals surface area contributed by atoms with Gasteiger partial charge in [-0.25, -0.2) is 0 Å². The molecule has 0 radical (unpaired) electrons. The van der Waals surface area contributed by atoms with E-state index in [-0.39, 0.29) is 28.6 Å². The maximum Gasteiger partial charge on any atom is 0.252 e. The van der Waals surface area contributed by atoms with Crippen molar-refractivity contribution in [1.82, 2.24) is 0 Å². The van der Waals surface area contributed by atoms with Gasteiger partial charge in [-0.1, -0.05) is 143 Å². The van der Waals surface area contributed by atoms with Crippen LogP contribution in [0.4, 0.5) is 56.9 Å². The molecular formula is C71H61BN4S2. The Hall–Kier alpha value is -7.32. The van der Waals surface area contributed by atoms with Crippen LogP contribution in [-0.4, -0.2) is 17.8 Å². The summed E-state index contributed by atoms with van der Waals surface area (Å²) in [6, 6.07) is 71.3. The number of hydrogen-bond acceptors (Lipinski definition) is 6. The van der Waals surface area contributed by atoms with E-state index >= 15 is 0 Å². The van der Waals surface area contributed by atoms with Crippen LogP contribution in [0, 0.1) is 6.92 Å². The molecule has 380 valence electrons. The third-order valence-corrected chi connectivity index (χ3v) is 23.3. The molecule has 0 spiro atoms. The molecule has 4 unspecified atom stereocenters. The summed E-state index contributed by atoms with van der Waals surface area (Å²) in [5, 5.41) is 5.29. The summed E-state index contributed by atoms with van der Waals surface area (Å²) in [5.41, 5.74) is 21.1. The molecule has 0 amide bonds. The van der Waals surface area contributed by atoms with E-state index in [9.17, 15) is 0 Å². The molecule has 11 aromatic rings. The second kappa shape index (κ2) is 15.9. The molecule has 9 aromatic carbocycles. The quantitative estimate of drug-likeness (QED) is 0.163. The van der Waals surface area contributed by atoms with E-state index in [0.29, 0.717) is 0 Å². The van der Waals surface area contributed by atoms with E-state index in [1.54, 1.807) is 0 Å². The summed E-state index contributed by atoms with van der Waals surface area (Å²) in [6.07, 6.45) is 9.74. The summed E-state index contributed by atoms with van der Waals surface area (Å²) in [6.45, 7) is 12.6. The number of benzene rings is 9. The Balaban J connectivity index is 0.949. The highest BCUT2D eigenvalue weighted by molar-refractivity contribution is 7.26. The van der Waals surface area contributed by atoms with Crippen molar-refractivity contribution in [3.8, 4) is 0 Å². The molecular weight excluding hydrogens is 984 g/mol. The highest BCUT2D eigenvalue weighted by atomic mass is 32.1. The minimum absolute atomic E-state index is 0.0198. The van der Waals surface area contributed by atoms with Gasteiger partial charge < -0.3 is 19.6 Å². The largest absolute Gasteiger partial charge is 0.334 e. The Bertz CT molecular complexity index is 4400. The molecule has 78 heavy (non-hydrogen) atoms. The first kappa shape index (κ1) is 45.7. The van der Waals surface area contributed by atoms with Crippen LogP contribution in [0.3, 0.4) is 0 Å². The van der Waals surface area contributed by atoms with Crippen LogP contribution in [0.1, 0.15) is 95.8 Å². The van der Waals surface area contributed by atoms with Crippen molar-refractivity contribution >= 4 is 143 Å². The number of rotatable bonds is 4. The van der Waals surface area contributed by atoms with Crippen molar-refractivity contribution in [3.05, 3.63) is 199 Å². The standard InChI is InChI=1S/C71H61BN4S2/c1-44-39-61-66-62(40-44)74(58-26-18-21-51-49-20-7-13-28-64(49)78-67(51)58)60-42-47(76-57-25-11-9-23-53(57)69(3)36-15-17-38-71(69,76)5)31-34-55(60)72(66)54-33-30-46(75-56-24-10-8-22-52(56)68(2)35-14-16-37-70(68,75)4)41-59(54)73(61)45-29-32-50-48-19-6-12-27-63(48)77-65(50)43-45/h6-13,18-34,39-43H,14-17,35-38H2,1-5H3. The second-order valence-electron chi connectivity index (χ2n) is 24.7. The number of hydrogen-bond donors (Lipinski definition) is 0. The molecule has 2 saturated carbocycles. The predicted molar refractivity (Wildman–Crippen MR) is 337 cm³/mol. The molecule has 4 nitrogen and oxygen atoms in total. The Labute approximate surface area is 466 Å². The Kier molecular flexibility index (Phi) is 9.33. The van der Waals surface area contributed by atoms with Gasteiger partial charge in [0.15, 0.2) is 0 Å². The van der Waals surface area contributed by atoms with E-state index in [1.807, 2.05) is 22.7 Å². The van der Waals surface area contributed by atoms with Gasteiger partial charge in [-0.15, -0.1) is 22.7 Å². The SMILES string of the molecule is Cc1cc2c3c(c1)N(c1cccc4c1sc1ccccc14)c1cc(N4c5ccccc5C5(C)CCCCC45C)ccc1B3c1ccc(N3c4ccccc4C4(C)CCCCC34C)cc1N2c1ccc2c(c1)sc1ccccc12. The van der Waals surface area contributed by atoms with Gasteiger partial charge in [0.1, 0.15) is 0 Å². The molecule has 2 aliphatic carbocycles. The van der Waals surface area contributed by atoms with Gasteiger partial charge in [-0.2, -0.15) is 0 Å². The van der Waals surface area contributed by atoms with Gasteiger partial charge in [0.05, 0.1) is 21.5 Å². The molecule has 7 heteroatoms. The van der Waals surface area contributed by atoms with Crippen LogP contribution < -0.4 is 36.0 Å². The van der Waals surface area contributed by atoms with Crippen LogP contribution in [0.5, 0.6) is 0 Å². The zero-order valence-electron chi connectivity index (χ0n) is 45.2. The Morgan fingerprint density at radius 1 is 0.385 bits per heavy atom. The van der Waals surface area contributed by atoms with E-state index in [4.69, 9.17) is 0 Å². The summed E-state index contributed by atoms with van der Waals surface area (Å²) >= 11 is 3.84. The van der Waals surface area contributed by atoms with Crippen molar-refractivity contribution in [2.24, 2.45) is 0 Å². The molecule has 17 rings (SSSR count). The number of thiophene rings is 2. The average molecular weight is 1050 g/mol. The van der Waals surface area contributed by atoms with Crippen molar-refractivity contribution in [2.75, 3.05) is 19.6 Å². The lowest BCUT2D eigenvalue weighted by Gasteiger charge is -2.51. The first-order chi connectivity index (χ1) is 38.1. The van der Waals surface area contributed by atoms with E-state index in [0.717, 1.165) is 12.8 Å². The first-order valence-corrected chi connectivity index (χ1v) is 30.3. The van der Waals surface area contributed by atoms with Crippen LogP contribution in [0.15, 0.2) is 182 Å². The molecule has 2 aromatic heterocycles. The Morgan fingerprint density at radius 2 is 0.872 bits per heavy atom. The fourth-order valence-corrected chi connectivity index (χ4v) is 19.2. The lowest BCUT2D eigenvalue weighted by atomic mass is 9.33. The van der Waals surface area contributed by atoms with Crippen molar-refractivity contribution in [2.45, 2.75) is 108 Å². The first-order valence-electron chi connectivity index (χ1n) is 28.7. The average Bonchev–Trinajstić information content (AvgIpc) is 4.23.